The molecule has 0 unspecified atom stereocenters. The number of hydrogen-bond donors (Lipinski definition) is 1. The molecule has 0 bridgehead atoms. The number of nitriles is 1. The first-order chi connectivity index (χ1) is 10.2. The summed E-state index contributed by atoms with van der Waals surface area (Å²) in [5.74, 6) is 0.613. The maximum atomic E-state index is 13.3. The molecule has 2 aromatic carbocycles. The van der Waals surface area contributed by atoms with Crippen LogP contribution < -0.4 is 15.2 Å². The number of nitrogens with zero attached hydrogens (tertiary/aromatic N) is 1. The number of halogens is 1. The zero-order valence-electron chi connectivity index (χ0n) is 11.6. The van der Waals surface area contributed by atoms with Crippen LogP contribution >= 0.6 is 0 Å². The molecular formula is C16H15FN2O2. The molecule has 0 fully saturated rings. The first-order valence-electron chi connectivity index (χ1n) is 6.36. The molecule has 0 aliphatic rings. The zero-order chi connectivity index (χ0) is 15.2. The third kappa shape index (κ3) is 3.50. The van der Waals surface area contributed by atoms with Gasteiger partial charge in [0.15, 0.2) is 11.5 Å². The quantitative estimate of drug-likeness (QED) is 0.917. The Morgan fingerprint density at radius 2 is 1.90 bits per heavy atom. The second-order valence-corrected chi connectivity index (χ2v) is 4.40. The van der Waals surface area contributed by atoms with Gasteiger partial charge in [-0.25, -0.2) is 4.39 Å². The van der Waals surface area contributed by atoms with E-state index in [-0.39, 0.29) is 12.2 Å². The maximum absolute atomic E-state index is 13.3. The summed E-state index contributed by atoms with van der Waals surface area (Å²) in [6.07, 6.45) is 0. The van der Waals surface area contributed by atoms with E-state index in [1.165, 1.54) is 12.1 Å². The summed E-state index contributed by atoms with van der Waals surface area (Å²) in [4.78, 5) is 0. The summed E-state index contributed by atoms with van der Waals surface area (Å²) in [7, 11) is 1.55. The summed E-state index contributed by atoms with van der Waals surface area (Å²) in [6, 6.07) is 11.5. The number of rotatable bonds is 5. The van der Waals surface area contributed by atoms with Gasteiger partial charge < -0.3 is 15.2 Å². The predicted molar refractivity (Wildman–Crippen MR) is 76.3 cm³/mol. The first kappa shape index (κ1) is 14.8. The fourth-order valence-corrected chi connectivity index (χ4v) is 1.87. The van der Waals surface area contributed by atoms with Gasteiger partial charge in [-0.15, -0.1) is 0 Å². The van der Waals surface area contributed by atoms with Crippen molar-refractivity contribution in [1.82, 2.24) is 0 Å². The SMILES string of the molecule is COc1ccc(CN)cc1OCc1ccc(F)c(C#N)c1. The summed E-state index contributed by atoms with van der Waals surface area (Å²) in [5.41, 5.74) is 7.22. The van der Waals surface area contributed by atoms with Crippen molar-refractivity contribution in [2.24, 2.45) is 5.73 Å². The molecule has 0 saturated carbocycles. The Hall–Kier alpha value is -2.58. The normalized spacial score (nSPS) is 10.0. The first-order valence-corrected chi connectivity index (χ1v) is 6.36. The monoisotopic (exact) mass is 286 g/mol. The van der Waals surface area contributed by atoms with Gasteiger partial charge in [0.25, 0.3) is 0 Å². The topological polar surface area (TPSA) is 68.3 Å². The second kappa shape index (κ2) is 6.73. The molecule has 2 N–H and O–H groups in total. The summed E-state index contributed by atoms with van der Waals surface area (Å²) >= 11 is 0. The van der Waals surface area contributed by atoms with Gasteiger partial charge in [-0.1, -0.05) is 12.1 Å². The van der Waals surface area contributed by atoms with Crippen molar-refractivity contribution in [1.29, 1.82) is 5.26 Å². The highest BCUT2D eigenvalue weighted by Crippen LogP contribution is 2.28. The van der Waals surface area contributed by atoms with Crippen LogP contribution in [0.15, 0.2) is 36.4 Å². The molecule has 108 valence electrons. The lowest BCUT2D eigenvalue weighted by molar-refractivity contribution is 0.284. The highest BCUT2D eigenvalue weighted by molar-refractivity contribution is 5.43. The van der Waals surface area contributed by atoms with E-state index in [1.54, 1.807) is 31.4 Å². The number of nitrogens with two attached hydrogens (primary N) is 1. The van der Waals surface area contributed by atoms with Gasteiger partial charge in [0.05, 0.1) is 12.7 Å². The average molecular weight is 286 g/mol. The summed E-state index contributed by atoms with van der Waals surface area (Å²) in [5, 5.41) is 8.81. The fraction of sp³-hybridized carbons (Fsp3) is 0.188. The van der Waals surface area contributed by atoms with Gasteiger partial charge >= 0.3 is 0 Å². The van der Waals surface area contributed by atoms with Crippen molar-refractivity contribution in [3.05, 3.63) is 58.9 Å². The van der Waals surface area contributed by atoms with Crippen LogP contribution in [-0.4, -0.2) is 7.11 Å². The standard InChI is InChI=1S/C16H15FN2O2/c1-20-15-5-3-11(8-18)7-16(15)21-10-12-2-4-14(17)13(6-12)9-19/h2-7H,8,10,18H2,1H3. The Balaban J connectivity index is 2.18. The van der Waals surface area contributed by atoms with Crippen molar-refractivity contribution >= 4 is 0 Å². The van der Waals surface area contributed by atoms with Gasteiger partial charge in [-0.05, 0) is 35.4 Å². The molecule has 0 atom stereocenters. The third-order valence-corrected chi connectivity index (χ3v) is 3.01. The van der Waals surface area contributed by atoms with Crippen LogP contribution in [0.3, 0.4) is 0 Å². The summed E-state index contributed by atoms with van der Waals surface area (Å²) < 4.78 is 24.2. The van der Waals surface area contributed by atoms with Gasteiger partial charge in [0.1, 0.15) is 18.5 Å². The number of benzene rings is 2. The van der Waals surface area contributed by atoms with Crippen LogP contribution in [0.1, 0.15) is 16.7 Å². The van der Waals surface area contributed by atoms with Crippen LogP contribution in [0.5, 0.6) is 11.5 Å². The van der Waals surface area contributed by atoms with Gasteiger partial charge in [-0.2, -0.15) is 5.26 Å². The number of ether oxygens (including phenoxy) is 2. The van der Waals surface area contributed by atoms with Crippen molar-refractivity contribution in [2.45, 2.75) is 13.2 Å². The molecule has 0 saturated heterocycles. The minimum Gasteiger partial charge on any atom is -0.493 e. The lowest BCUT2D eigenvalue weighted by Gasteiger charge is -2.12. The average Bonchev–Trinajstić information content (AvgIpc) is 2.53. The van der Waals surface area contributed by atoms with Crippen LogP contribution in [0.4, 0.5) is 4.39 Å². The molecule has 0 heterocycles. The van der Waals surface area contributed by atoms with Crippen molar-refractivity contribution in [3.8, 4) is 17.6 Å². The molecular weight excluding hydrogens is 271 g/mol. The molecule has 0 spiro atoms. The minimum atomic E-state index is -0.538. The lowest BCUT2D eigenvalue weighted by atomic mass is 10.1. The van der Waals surface area contributed by atoms with Crippen LogP contribution in [0, 0.1) is 17.1 Å². The van der Waals surface area contributed by atoms with E-state index in [0.717, 1.165) is 5.56 Å². The highest BCUT2D eigenvalue weighted by Gasteiger charge is 2.07. The van der Waals surface area contributed by atoms with Crippen molar-refractivity contribution < 1.29 is 13.9 Å². The largest absolute Gasteiger partial charge is 0.493 e. The van der Waals surface area contributed by atoms with Gasteiger partial charge in [-0.3, -0.25) is 0 Å². The van der Waals surface area contributed by atoms with Crippen molar-refractivity contribution in [3.63, 3.8) is 0 Å². The number of hydrogen-bond acceptors (Lipinski definition) is 4. The molecule has 0 aliphatic heterocycles. The highest BCUT2D eigenvalue weighted by atomic mass is 19.1. The van der Waals surface area contributed by atoms with E-state index in [4.69, 9.17) is 20.5 Å². The molecule has 21 heavy (non-hydrogen) atoms. The predicted octanol–water partition coefficient (Wildman–Crippen LogP) is 2.74. The van der Waals surface area contributed by atoms with E-state index in [9.17, 15) is 4.39 Å². The maximum Gasteiger partial charge on any atom is 0.161 e. The second-order valence-electron chi connectivity index (χ2n) is 4.40. The van der Waals surface area contributed by atoms with E-state index >= 15 is 0 Å². The lowest BCUT2D eigenvalue weighted by Crippen LogP contribution is -2.01. The van der Waals surface area contributed by atoms with E-state index < -0.39 is 5.82 Å². The van der Waals surface area contributed by atoms with E-state index in [0.29, 0.717) is 23.6 Å². The number of methoxy groups -OCH3 is 1. The Bertz CT molecular complexity index is 680. The zero-order valence-corrected chi connectivity index (χ0v) is 11.6. The Morgan fingerprint density at radius 3 is 2.57 bits per heavy atom. The van der Waals surface area contributed by atoms with Crippen LogP contribution in [0.25, 0.3) is 0 Å². The van der Waals surface area contributed by atoms with Crippen LogP contribution in [-0.2, 0) is 13.2 Å². The molecule has 4 nitrogen and oxygen atoms in total. The van der Waals surface area contributed by atoms with E-state index in [1.807, 2.05) is 6.07 Å². The Morgan fingerprint density at radius 1 is 1.14 bits per heavy atom. The Labute approximate surface area is 122 Å². The molecule has 0 aromatic heterocycles. The molecule has 5 heteroatoms. The Kier molecular flexibility index (Phi) is 4.75. The summed E-state index contributed by atoms with van der Waals surface area (Å²) in [6.45, 7) is 0.606. The fourth-order valence-electron chi connectivity index (χ4n) is 1.87. The molecule has 0 radical (unpaired) electrons. The molecule has 2 aromatic rings. The van der Waals surface area contributed by atoms with Crippen molar-refractivity contribution in [2.75, 3.05) is 7.11 Å². The van der Waals surface area contributed by atoms with Gasteiger partial charge in [0.2, 0.25) is 0 Å². The third-order valence-electron chi connectivity index (χ3n) is 3.01. The molecule has 0 amide bonds. The minimum absolute atomic E-state index is 0.00114. The smallest absolute Gasteiger partial charge is 0.161 e. The van der Waals surface area contributed by atoms with Gasteiger partial charge in [0, 0.05) is 6.54 Å². The van der Waals surface area contributed by atoms with E-state index in [2.05, 4.69) is 0 Å². The molecule has 2 rings (SSSR count). The van der Waals surface area contributed by atoms with Crippen LogP contribution in [0.2, 0.25) is 0 Å². The molecule has 0 aliphatic carbocycles.